The van der Waals surface area contributed by atoms with Crippen LogP contribution in [0.2, 0.25) is 0 Å². The third-order valence-corrected chi connectivity index (χ3v) is 6.09. The second-order valence-electron chi connectivity index (χ2n) is 7.03. The van der Waals surface area contributed by atoms with Crippen LogP contribution in [0.1, 0.15) is 34.1 Å². The molecule has 0 aromatic heterocycles. The standard InChI is InChI=1S/C14H24N2O4S/c1-9(2)11-12(17)15-14(3,4)13(18)16(11)7-10-5-6-21(19,20)8-10/h9-11H,5-8H2,1-4H3,(H,15,17). The monoisotopic (exact) mass is 316 g/mol. The highest BCUT2D eigenvalue weighted by Gasteiger charge is 2.47. The van der Waals surface area contributed by atoms with E-state index in [9.17, 15) is 18.0 Å². The Labute approximate surface area is 126 Å². The van der Waals surface area contributed by atoms with E-state index >= 15 is 0 Å². The van der Waals surface area contributed by atoms with E-state index in [1.54, 1.807) is 18.7 Å². The molecule has 7 heteroatoms. The van der Waals surface area contributed by atoms with Crippen molar-refractivity contribution in [1.82, 2.24) is 10.2 Å². The molecule has 2 unspecified atom stereocenters. The molecule has 2 atom stereocenters. The van der Waals surface area contributed by atoms with E-state index in [0.717, 1.165) is 0 Å². The van der Waals surface area contributed by atoms with Gasteiger partial charge in [0.25, 0.3) is 0 Å². The van der Waals surface area contributed by atoms with Crippen LogP contribution in [0.3, 0.4) is 0 Å². The zero-order valence-corrected chi connectivity index (χ0v) is 13.9. The summed E-state index contributed by atoms with van der Waals surface area (Å²) in [6.45, 7) is 7.50. The number of hydrogen-bond donors (Lipinski definition) is 1. The SMILES string of the molecule is CC(C)C1C(=O)NC(C)(C)C(=O)N1CC1CCS(=O)(=O)C1. The fourth-order valence-electron chi connectivity index (χ4n) is 3.22. The summed E-state index contributed by atoms with van der Waals surface area (Å²) < 4.78 is 23.2. The summed E-state index contributed by atoms with van der Waals surface area (Å²) in [6, 6.07) is -0.520. The number of carbonyl (C=O) groups is 2. The Balaban J connectivity index is 2.23. The van der Waals surface area contributed by atoms with Crippen molar-refractivity contribution in [2.75, 3.05) is 18.1 Å². The molecule has 2 amide bonds. The van der Waals surface area contributed by atoms with Crippen LogP contribution in [0.5, 0.6) is 0 Å². The van der Waals surface area contributed by atoms with Crippen molar-refractivity contribution in [3.63, 3.8) is 0 Å². The summed E-state index contributed by atoms with van der Waals surface area (Å²) in [5, 5.41) is 2.76. The topological polar surface area (TPSA) is 83.6 Å². The molecule has 2 fully saturated rings. The summed E-state index contributed by atoms with van der Waals surface area (Å²) in [5.74, 6) is -0.0730. The van der Waals surface area contributed by atoms with Crippen molar-refractivity contribution in [3.05, 3.63) is 0 Å². The van der Waals surface area contributed by atoms with Crippen molar-refractivity contribution in [2.24, 2.45) is 11.8 Å². The summed E-state index contributed by atoms with van der Waals surface area (Å²) in [5.41, 5.74) is -0.931. The van der Waals surface area contributed by atoms with E-state index in [4.69, 9.17) is 0 Å². The highest BCUT2D eigenvalue weighted by Crippen LogP contribution is 2.27. The zero-order chi connectivity index (χ0) is 16.0. The Bertz CT molecular complexity index is 553. The Morgan fingerprint density at radius 2 is 1.95 bits per heavy atom. The Hall–Kier alpha value is -1.11. The van der Waals surface area contributed by atoms with Crippen molar-refractivity contribution >= 4 is 21.7 Å². The van der Waals surface area contributed by atoms with Crippen molar-refractivity contribution in [2.45, 2.75) is 45.7 Å². The number of carbonyl (C=O) groups excluding carboxylic acids is 2. The van der Waals surface area contributed by atoms with Gasteiger partial charge in [0, 0.05) is 6.54 Å². The summed E-state index contributed by atoms with van der Waals surface area (Å²) in [7, 11) is -2.98. The molecule has 0 radical (unpaired) electrons. The predicted octanol–water partition coefficient (Wildman–Crippen LogP) is 0.183. The van der Waals surface area contributed by atoms with E-state index in [1.807, 2.05) is 13.8 Å². The van der Waals surface area contributed by atoms with Crippen molar-refractivity contribution in [3.8, 4) is 0 Å². The lowest BCUT2D eigenvalue weighted by atomic mass is 9.90. The second-order valence-corrected chi connectivity index (χ2v) is 9.26. The lowest BCUT2D eigenvalue weighted by Gasteiger charge is -2.45. The first-order valence-electron chi connectivity index (χ1n) is 7.37. The van der Waals surface area contributed by atoms with Gasteiger partial charge in [-0.3, -0.25) is 9.59 Å². The van der Waals surface area contributed by atoms with Crippen LogP contribution in [-0.4, -0.2) is 54.8 Å². The summed E-state index contributed by atoms with van der Waals surface area (Å²) in [6.07, 6.45) is 0.568. The highest BCUT2D eigenvalue weighted by atomic mass is 32.2. The van der Waals surface area contributed by atoms with Gasteiger partial charge in [-0.05, 0) is 32.1 Å². The second kappa shape index (κ2) is 5.26. The molecular weight excluding hydrogens is 292 g/mol. The van der Waals surface area contributed by atoms with Gasteiger partial charge in [0.05, 0.1) is 11.5 Å². The minimum Gasteiger partial charge on any atom is -0.340 e. The van der Waals surface area contributed by atoms with E-state index in [1.165, 1.54) is 0 Å². The number of nitrogens with one attached hydrogen (secondary N) is 1. The van der Waals surface area contributed by atoms with Crippen LogP contribution in [0.25, 0.3) is 0 Å². The number of sulfone groups is 1. The molecule has 2 heterocycles. The van der Waals surface area contributed by atoms with Gasteiger partial charge < -0.3 is 10.2 Å². The lowest BCUT2D eigenvalue weighted by Crippen LogP contribution is -2.69. The molecule has 21 heavy (non-hydrogen) atoms. The molecular formula is C14H24N2O4S. The van der Waals surface area contributed by atoms with Crippen molar-refractivity contribution < 1.29 is 18.0 Å². The molecule has 6 nitrogen and oxygen atoms in total. The van der Waals surface area contributed by atoms with Crippen LogP contribution in [0, 0.1) is 11.8 Å². The van der Waals surface area contributed by atoms with Gasteiger partial charge in [-0.1, -0.05) is 13.8 Å². The third kappa shape index (κ3) is 3.22. The first-order valence-corrected chi connectivity index (χ1v) is 9.19. The Kier molecular flexibility index (Phi) is 4.08. The highest BCUT2D eigenvalue weighted by molar-refractivity contribution is 7.91. The maximum atomic E-state index is 12.6. The van der Waals surface area contributed by atoms with Gasteiger partial charge in [-0.15, -0.1) is 0 Å². The molecule has 0 bridgehead atoms. The van der Waals surface area contributed by atoms with E-state index < -0.39 is 21.4 Å². The molecule has 0 spiro atoms. The maximum Gasteiger partial charge on any atom is 0.248 e. The first-order chi connectivity index (χ1) is 9.53. The Morgan fingerprint density at radius 3 is 2.43 bits per heavy atom. The minimum absolute atomic E-state index is 0.0111. The summed E-state index contributed by atoms with van der Waals surface area (Å²) in [4.78, 5) is 26.5. The van der Waals surface area contributed by atoms with Gasteiger partial charge >= 0.3 is 0 Å². The largest absolute Gasteiger partial charge is 0.340 e. The average Bonchev–Trinajstić information content (AvgIpc) is 2.64. The Morgan fingerprint density at radius 1 is 1.33 bits per heavy atom. The molecule has 2 aliphatic rings. The fraction of sp³-hybridized carbons (Fsp3) is 0.857. The zero-order valence-electron chi connectivity index (χ0n) is 13.0. The number of nitrogens with zero attached hydrogens (tertiary/aromatic N) is 1. The van der Waals surface area contributed by atoms with Gasteiger partial charge in [0.15, 0.2) is 9.84 Å². The van der Waals surface area contributed by atoms with Gasteiger partial charge in [-0.2, -0.15) is 0 Å². The molecule has 0 aromatic rings. The molecule has 0 saturated carbocycles. The van der Waals surface area contributed by atoms with Crippen molar-refractivity contribution in [1.29, 1.82) is 0 Å². The van der Waals surface area contributed by atoms with Gasteiger partial charge in [-0.25, -0.2) is 8.42 Å². The van der Waals surface area contributed by atoms with Crippen LogP contribution >= 0.6 is 0 Å². The van der Waals surface area contributed by atoms with Gasteiger partial charge in [0.2, 0.25) is 11.8 Å². The molecule has 2 aliphatic heterocycles. The quantitative estimate of drug-likeness (QED) is 0.805. The fourth-order valence-corrected chi connectivity index (χ4v) is 5.06. The smallest absolute Gasteiger partial charge is 0.248 e. The van der Waals surface area contributed by atoms with E-state index in [2.05, 4.69) is 5.32 Å². The van der Waals surface area contributed by atoms with Crippen LogP contribution in [-0.2, 0) is 19.4 Å². The number of hydrogen-bond acceptors (Lipinski definition) is 4. The normalized spacial score (nSPS) is 31.6. The molecule has 0 aromatic carbocycles. The van der Waals surface area contributed by atoms with E-state index in [-0.39, 0.29) is 35.2 Å². The predicted molar refractivity (Wildman–Crippen MR) is 79.3 cm³/mol. The summed E-state index contributed by atoms with van der Waals surface area (Å²) >= 11 is 0. The minimum atomic E-state index is -2.98. The van der Waals surface area contributed by atoms with E-state index in [0.29, 0.717) is 13.0 Å². The molecule has 0 aliphatic carbocycles. The third-order valence-electron chi connectivity index (χ3n) is 4.25. The number of amides is 2. The van der Waals surface area contributed by atoms with Crippen LogP contribution in [0.15, 0.2) is 0 Å². The van der Waals surface area contributed by atoms with Gasteiger partial charge in [0.1, 0.15) is 11.6 Å². The first kappa shape index (κ1) is 16.3. The average molecular weight is 316 g/mol. The molecule has 1 N–H and O–H groups in total. The number of rotatable bonds is 3. The maximum absolute atomic E-state index is 12.6. The molecule has 120 valence electrons. The lowest BCUT2D eigenvalue weighted by molar-refractivity contribution is -0.156. The molecule has 2 saturated heterocycles. The van der Waals surface area contributed by atoms with Crippen LogP contribution < -0.4 is 5.32 Å². The molecule has 2 rings (SSSR count). The number of piperazine rings is 1. The van der Waals surface area contributed by atoms with Crippen LogP contribution in [0.4, 0.5) is 0 Å².